The van der Waals surface area contributed by atoms with Gasteiger partial charge < -0.3 is 16.4 Å². The van der Waals surface area contributed by atoms with Crippen molar-refractivity contribution in [3.8, 4) is 0 Å². The van der Waals surface area contributed by atoms with Crippen LogP contribution in [0.25, 0.3) is 0 Å². The molecule has 1 amide bonds. The van der Waals surface area contributed by atoms with Gasteiger partial charge in [0.2, 0.25) is 5.91 Å². The van der Waals surface area contributed by atoms with Gasteiger partial charge in [-0.25, -0.2) is 0 Å². The SMILES string of the molecule is CC(C)C(N)CCN(C)C(=O)[C@@H](N)Cc1ccccc1. The molecule has 1 unspecified atom stereocenters. The molecule has 20 heavy (non-hydrogen) atoms. The first-order valence-electron chi connectivity index (χ1n) is 7.22. The van der Waals surface area contributed by atoms with Crippen molar-refractivity contribution in [1.29, 1.82) is 0 Å². The van der Waals surface area contributed by atoms with E-state index in [-0.39, 0.29) is 11.9 Å². The predicted octanol–water partition coefficient (Wildman–Crippen LogP) is 1.39. The fourth-order valence-corrected chi connectivity index (χ4v) is 2.02. The molecule has 4 N–H and O–H groups in total. The summed E-state index contributed by atoms with van der Waals surface area (Å²) in [7, 11) is 1.79. The zero-order valence-electron chi connectivity index (χ0n) is 12.8. The maximum absolute atomic E-state index is 12.2. The van der Waals surface area contributed by atoms with Crippen LogP contribution in [0.4, 0.5) is 0 Å². The molecule has 0 spiro atoms. The zero-order chi connectivity index (χ0) is 15.1. The smallest absolute Gasteiger partial charge is 0.239 e. The van der Waals surface area contributed by atoms with Crippen LogP contribution in [0.2, 0.25) is 0 Å². The summed E-state index contributed by atoms with van der Waals surface area (Å²) in [6, 6.07) is 9.48. The molecule has 2 atom stereocenters. The van der Waals surface area contributed by atoms with Crippen LogP contribution >= 0.6 is 0 Å². The Morgan fingerprint density at radius 3 is 2.35 bits per heavy atom. The van der Waals surface area contributed by atoms with Crippen molar-refractivity contribution < 1.29 is 4.79 Å². The number of amides is 1. The lowest BCUT2D eigenvalue weighted by atomic mass is 10.0. The molecule has 0 saturated carbocycles. The van der Waals surface area contributed by atoms with Crippen LogP contribution in [0.5, 0.6) is 0 Å². The Hall–Kier alpha value is -1.39. The number of benzene rings is 1. The normalized spacial score (nSPS) is 14.1. The maximum Gasteiger partial charge on any atom is 0.239 e. The van der Waals surface area contributed by atoms with Gasteiger partial charge in [-0.05, 0) is 24.3 Å². The van der Waals surface area contributed by atoms with Gasteiger partial charge in [0.05, 0.1) is 6.04 Å². The highest BCUT2D eigenvalue weighted by molar-refractivity contribution is 5.81. The second-order valence-electron chi connectivity index (χ2n) is 5.75. The van der Waals surface area contributed by atoms with E-state index in [2.05, 4.69) is 13.8 Å². The van der Waals surface area contributed by atoms with E-state index in [1.54, 1.807) is 11.9 Å². The first-order valence-corrected chi connectivity index (χ1v) is 7.22. The summed E-state index contributed by atoms with van der Waals surface area (Å²) < 4.78 is 0. The number of hydrogen-bond acceptors (Lipinski definition) is 3. The maximum atomic E-state index is 12.2. The monoisotopic (exact) mass is 277 g/mol. The molecule has 0 aromatic heterocycles. The summed E-state index contributed by atoms with van der Waals surface area (Å²) in [5.41, 5.74) is 13.1. The summed E-state index contributed by atoms with van der Waals surface area (Å²) in [6.45, 7) is 4.84. The molecule has 112 valence electrons. The molecule has 0 aliphatic carbocycles. The molecular weight excluding hydrogens is 250 g/mol. The summed E-state index contributed by atoms with van der Waals surface area (Å²) >= 11 is 0. The van der Waals surface area contributed by atoms with E-state index in [0.29, 0.717) is 18.9 Å². The average molecular weight is 277 g/mol. The predicted molar refractivity (Wildman–Crippen MR) is 83.2 cm³/mol. The lowest BCUT2D eigenvalue weighted by Crippen LogP contribution is -2.44. The van der Waals surface area contributed by atoms with Gasteiger partial charge in [0.1, 0.15) is 0 Å². The van der Waals surface area contributed by atoms with Gasteiger partial charge in [-0.3, -0.25) is 4.79 Å². The van der Waals surface area contributed by atoms with Crippen molar-refractivity contribution >= 4 is 5.91 Å². The lowest BCUT2D eigenvalue weighted by Gasteiger charge is -2.24. The van der Waals surface area contributed by atoms with E-state index in [0.717, 1.165) is 12.0 Å². The Kier molecular flexibility index (Phi) is 6.68. The first-order chi connectivity index (χ1) is 9.41. The first kappa shape index (κ1) is 16.7. The fourth-order valence-electron chi connectivity index (χ4n) is 2.02. The van der Waals surface area contributed by atoms with Gasteiger partial charge in [0, 0.05) is 19.6 Å². The number of hydrogen-bond donors (Lipinski definition) is 2. The molecule has 0 saturated heterocycles. The third kappa shape index (κ3) is 5.31. The molecule has 4 heteroatoms. The van der Waals surface area contributed by atoms with E-state index < -0.39 is 6.04 Å². The molecule has 4 nitrogen and oxygen atoms in total. The van der Waals surface area contributed by atoms with Gasteiger partial charge >= 0.3 is 0 Å². The van der Waals surface area contributed by atoms with Gasteiger partial charge in [-0.1, -0.05) is 44.2 Å². The van der Waals surface area contributed by atoms with Crippen LogP contribution < -0.4 is 11.5 Å². The van der Waals surface area contributed by atoms with Crippen LogP contribution in [0.15, 0.2) is 30.3 Å². The third-order valence-electron chi connectivity index (χ3n) is 3.65. The van der Waals surface area contributed by atoms with Crippen molar-refractivity contribution in [2.75, 3.05) is 13.6 Å². The zero-order valence-corrected chi connectivity index (χ0v) is 12.8. The highest BCUT2D eigenvalue weighted by Gasteiger charge is 2.19. The van der Waals surface area contributed by atoms with Crippen LogP contribution in [0.1, 0.15) is 25.8 Å². The minimum absolute atomic E-state index is 0.0233. The Morgan fingerprint density at radius 1 is 1.20 bits per heavy atom. The molecule has 0 fully saturated rings. The lowest BCUT2D eigenvalue weighted by molar-refractivity contribution is -0.131. The second-order valence-corrected chi connectivity index (χ2v) is 5.75. The Labute approximate surface area is 122 Å². The van der Waals surface area contributed by atoms with Gasteiger partial charge in [0.15, 0.2) is 0 Å². The largest absolute Gasteiger partial charge is 0.344 e. The molecule has 0 aliphatic rings. The average Bonchev–Trinajstić information content (AvgIpc) is 2.44. The minimum Gasteiger partial charge on any atom is -0.344 e. The summed E-state index contributed by atoms with van der Waals surface area (Å²) in [5, 5.41) is 0. The Morgan fingerprint density at radius 2 is 1.80 bits per heavy atom. The van der Waals surface area contributed by atoms with Crippen molar-refractivity contribution in [2.24, 2.45) is 17.4 Å². The van der Waals surface area contributed by atoms with E-state index in [1.807, 2.05) is 30.3 Å². The number of nitrogens with zero attached hydrogens (tertiary/aromatic N) is 1. The van der Waals surface area contributed by atoms with Crippen LogP contribution in [0, 0.1) is 5.92 Å². The van der Waals surface area contributed by atoms with E-state index in [9.17, 15) is 4.79 Å². The van der Waals surface area contributed by atoms with Crippen molar-refractivity contribution in [3.63, 3.8) is 0 Å². The van der Waals surface area contributed by atoms with Gasteiger partial charge in [-0.15, -0.1) is 0 Å². The van der Waals surface area contributed by atoms with Crippen molar-refractivity contribution in [1.82, 2.24) is 4.90 Å². The molecule has 0 bridgehead atoms. The quantitative estimate of drug-likeness (QED) is 0.791. The van der Waals surface area contributed by atoms with E-state index in [1.165, 1.54) is 0 Å². The molecule has 0 heterocycles. The van der Waals surface area contributed by atoms with E-state index in [4.69, 9.17) is 11.5 Å². The molecular formula is C16H27N3O. The van der Waals surface area contributed by atoms with E-state index >= 15 is 0 Å². The molecule has 1 rings (SSSR count). The standard InChI is InChI=1S/C16H27N3O/c1-12(2)14(17)9-10-19(3)16(20)15(18)11-13-7-5-4-6-8-13/h4-8,12,14-15H,9-11,17-18H2,1-3H3/t14?,15-/m0/s1. The number of nitrogens with two attached hydrogens (primary N) is 2. The van der Waals surface area contributed by atoms with Crippen molar-refractivity contribution in [2.45, 2.75) is 38.8 Å². The minimum atomic E-state index is -0.488. The highest BCUT2D eigenvalue weighted by Crippen LogP contribution is 2.06. The number of rotatable bonds is 7. The van der Waals surface area contributed by atoms with Gasteiger partial charge in [-0.2, -0.15) is 0 Å². The molecule has 1 aromatic carbocycles. The summed E-state index contributed by atoms with van der Waals surface area (Å²) in [4.78, 5) is 13.9. The number of carbonyl (C=O) groups is 1. The summed E-state index contributed by atoms with van der Waals surface area (Å²) in [6.07, 6.45) is 1.37. The molecule has 1 aromatic rings. The van der Waals surface area contributed by atoms with Crippen LogP contribution in [-0.2, 0) is 11.2 Å². The van der Waals surface area contributed by atoms with Gasteiger partial charge in [0.25, 0.3) is 0 Å². The Balaban J connectivity index is 2.44. The summed E-state index contributed by atoms with van der Waals surface area (Å²) in [5.74, 6) is 0.404. The third-order valence-corrected chi connectivity index (χ3v) is 3.65. The highest BCUT2D eigenvalue weighted by atomic mass is 16.2. The molecule has 0 aliphatic heterocycles. The number of likely N-dealkylation sites (N-methyl/N-ethyl adjacent to an activating group) is 1. The fraction of sp³-hybridized carbons (Fsp3) is 0.562. The Bertz CT molecular complexity index is 405. The van der Waals surface area contributed by atoms with Crippen LogP contribution in [0.3, 0.4) is 0 Å². The topological polar surface area (TPSA) is 72.3 Å². The molecule has 0 radical (unpaired) electrons. The second kappa shape index (κ2) is 8.02. The number of carbonyl (C=O) groups excluding carboxylic acids is 1. The van der Waals surface area contributed by atoms with Crippen molar-refractivity contribution in [3.05, 3.63) is 35.9 Å². The van der Waals surface area contributed by atoms with Crippen LogP contribution in [-0.4, -0.2) is 36.5 Å².